The molecule has 17 heavy (non-hydrogen) atoms. The highest BCUT2D eigenvalue weighted by atomic mass is 35.5. The summed E-state index contributed by atoms with van der Waals surface area (Å²) in [6, 6.07) is 8.24. The Balaban J connectivity index is 1.93. The second-order valence-electron chi connectivity index (χ2n) is 4.04. The molecule has 0 unspecified atom stereocenters. The summed E-state index contributed by atoms with van der Waals surface area (Å²) in [5, 5.41) is 7.43. The van der Waals surface area contributed by atoms with E-state index in [0.29, 0.717) is 6.04 Å². The maximum Gasteiger partial charge on any atom is 0.107 e. The van der Waals surface area contributed by atoms with Crippen LogP contribution in [0, 0.1) is 6.92 Å². The molecule has 0 saturated carbocycles. The number of nitrogens with one attached hydrogen (secondary N) is 1. The quantitative estimate of drug-likeness (QED) is 0.906. The van der Waals surface area contributed by atoms with Gasteiger partial charge in [0.2, 0.25) is 0 Å². The van der Waals surface area contributed by atoms with Crippen LogP contribution in [0.3, 0.4) is 0 Å². The maximum absolute atomic E-state index is 5.86. The Hall–Kier alpha value is -0.900. The normalized spacial score (nSPS) is 12.6. The number of nitrogens with zero attached hydrogens (tertiary/aromatic N) is 1. The fraction of sp³-hybridized carbons (Fsp3) is 0.308. The monoisotopic (exact) mass is 266 g/mol. The van der Waals surface area contributed by atoms with Crippen molar-refractivity contribution in [3.8, 4) is 0 Å². The Morgan fingerprint density at radius 3 is 2.65 bits per heavy atom. The lowest BCUT2D eigenvalue weighted by Crippen LogP contribution is -2.17. The molecular formula is C13H15ClN2S. The molecule has 0 aliphatic rings. The first kappa shape index (κ1) is 12.6. The summed E-state index contributed by atoms with van der Waals surface area (Å²) in [5.74, 6) is 0. The van der Waals surface area contributed by atoms with Crippen LogP contribution in [0.15, 0.2) is 29.6 Å². The Bertz CT molecular complexity index is 478. The zero-order chi connectivity index (χ0) is 12.3. The molecule has 0 fully saturated rings. The SMILES string of the molecule is Cc1csc(CN[C@@H](C)c2ccc(Cl)cc2)n1. The van der Waals surface area contributed by atoms with E-state index < -0.39 is 0 Å². The number of aromatic nitrogens is 1. The lowest BCUT2D eigenvalue weighted by Gasteiger charge is -2.13. The van der Waals surface area contributed by atoms with Crippen LogP contribution in [-0.4, -0.2) is 4.98 Å². The van der Waals surface area contributed by atoms with Gasteiger partial charge in [-0.1, -0.05) is 23.7 Å². The van der Waals surface area contributed by atoms with Crippen LogP contribution in [0.5, 0.6) is 0 Å². The molecule has 2 aromatic rings. The first-order chi connectivity index (χ1) is 8.15. The Morgan fingerprint density at radius 1 is 1.35 bits per heavy atom. The van der Waals surface area contributed by atoms with E-state index >= 15 is 0 Å². The molecule has 0 saturated heterocycles. The van der Waals surface area contributed by atoms with Crippen molar-refractivity contribution in [1.82, 2.24) is 10.3 Å². The fourth-order valence-corrected chi connectivity index (χ4v) is 2.44. The molecule has 1 aromatic heterocycles. The first-order valence-corrected chi connectivity index (χ1v) is 6.81. The first-order valence-electron chi connectivity index (χ1n) is 5.55. The van der Waals surface area contributed by atoms with Gasteiger partial charge in [-0.15, -0.1) is 11.3 Å². The average Bonchev–Trinajstić information content (AvgIpc) is 2.73. The molecule has 4 heteroatoms. The van der Waals surface area contributed by atoms with E-state index in [1.165, 1.54) is 5.56 Å². The van der Waals surface area contributed by atoms with Crippen LogP contribution in [0.25, 0.3) is 0 Å². The number of rotatable bonds is 4. The molecule has 2 nitrogen and oxygen atoms in total. The zero-order valence-electron chi connectivity index (χ0n) is 9.90. The van der Waals surface area contributed by atoms with Crippen molar-refractivity contribution in [3.05, 3.63) is 50.9 Å². The maximum atomic E-state index is 5.86. The third-order valence-electron chi connectivity index (χ3n) is 2.60. The molecule has 0 aliphatic carbocycles. The van der Waals surface area contributed by atoms with Gasteiger partial charge in [-0.05, 0) is 31.5 Å². The number of halogens is 1. The molecule has 1 N–H and O–H groups in total. The molecular weight excluding hydrogens is 252 g/mol. The van der Waals surface area contributed by atoms with E-state index in [1.807, 2.05) is 31.2 Å². The van der Waals surface area contributed by atoms with Crippen LogP contribution >= 0.6 is 22.9 Å². The van der Waals surface area contributed by atoms with Crippen LogP contribution < -0.4 is 5.32 Å². The van der Waals surface area contributed by atoms with Crippen molar-refractivity contribution < 1.29 is 0 Å². The summed E-state index contributed by atoms with van der Waals surface area (Å²) in [6.07, 6.45) is 0. The summed E-state index contributed by atoms with van der Waals surface area (Å²) in [7, 11) is 0. The van der Waals surface area contributed by atoms with Gasteiger partial charge in [-0.3, -0.25) is 0 Å². The minimum Gasteiger partial charge on any atom is -0.304 e. The lowest BCUT2D eigenvalue weighted by atomic mass is 10.1. The van der Waals surface area contributed by atoms with Crippen molar-refractivity contribution in [2.75, 3.05) is 0 Å². The van der Waals surface area contributed by atoms with Gasteiger partial charge in [0.05, 0.1) is 0 Å². The molecule has 90 valence electrons. The standard InChI is InChI=1S/C13H15ClN2S/c1-9-8-17-13(16-9)7-15-10(2)11-3-5-12(14)6-4-11/h3-6,8,10,15H,7H2,1-2H3/t10-/m0/s1. The van der Waals surface area contributed by atoms with E-state index in [0.717, 1.165) is 22.3 Å². The van der Waals surface area contributed by atoms with Crippen LogP contribution in [-0.2, 0) is 6.54 Å². The van der Waals surface area contributed by atoms with Gasteiger partial charge in [0.15, 0.2) is 0 Å². The molecule has 1 aromatic carbocycles. The van der Waals surface area contributed by atoms with Crippen molar-refractivity contribution >= 4 is 22.9 Å². The summed E-state index contributed by atoms with van der Waals surface area (Å²) in [5.41, 5.74) is 2.33. The molecule has 2 rings (SSSR count). The van der Waals surface area contributed by atoms with Gasteiger partial charge in [0.1, 0.15) is 5.01 Å². The zero-order valence-corrected chi connectivity index (χ0v) is 11.5. The lowest BCUT2D eigenvalue weighted by molar-refractivity contribution is 0.573. The topological polar surface area (TPSA) is 24.9 Å². The van der Waals surface area contributed by atoms with Crippen molar-refractivity contribution in [2.24, 2.45) is 0 Å². The third kappa shape index (κ3) is 3.53. The van der Waals surface area contributed by atoms with E-state index in [1.54, 1.807) is 11.3 Å². The number of thiazole rings is 1. The molecule has 0 amide bonds. The Kier molecular flexibility index (Phi) is 4.15. The van der Waals surface area contributed by atoms with Gasteiger partial charge < -0.3 is 5.32 Å². The highest BCUT2D eigenvalue weighted by Gasteiger charge is 2.06. The largest absolute Gasteiger partial charge is 0.304 e. The highest BCUT2D eigenvalue weighted by Crippen LogP contribution is 2.17. The van der Waals surface area contributed by atoms with Gasteiger partial charge >= 0.3 is 0 Å². The number of hydrogen-bond acceptors (Lipinski definition) is 3. The number of hydrogen-bond donors (Lipinski definition) is 1. The fourth-order valence-electron chi connectivity index (χ4n) is 1.59. The number of aryl methyl sites for hydroxylation is 1. The molecule has 0 aliphatic heterocycles. The van der Waals surface area contributed by atoms with Crippen molar-refractivity contribution in [1.29, 1.82) is 0 Å². The average molecular weight is 267 g/mol. The van der Waals surface area contributed by atoms with E-state index in [4.69, 9.17) is 11.6 Å². The molecule has 1 heterocycles. The van der Waals surface area contributed by atoms with Crippen LogP contribution in [0.2, 0.25) is 5.02 Å². The summed E-state index contributed by atoms with van der Waals surface area (Å²) < 4.78 is 0. The van der Waals surface area contributed by atoms with E-state index in [9.17, 15) is 0 Å². The van der Waals surface area contributed by atoms with Crippen molar-refractivity contribution in [2.45, 2.75) is 26.4 Å². The van der Waals surface area contributed by atoms with E-state index in [-0.39, 0.29) is 0 Å². The third-order valence-corrected chi connectivity index (χ3v) is 3.81. The summed E-state index contributed by atoms with van der Waals surface area (Å²) >= 11 is 7.56. The second kappa shape index (κ2) is 5.63. The highest BCUT2D eigenvalue weighted by molar-refractivity contribution is 7.09. The van der Waals surface area contributed by atoms with Gasteiger partial charge in [0.25, 0.3) is 0 Å². The van der Waals surface area contributed by atoms with Gasteiger partial charge in [-0.25, -0.2) is 4.98 Å². The van der Waals surface area contributed by atoms with Gasteiger partial charge in [0, 0.05) is 28.7 Å². The Morgan fingerprint density at radius 2 is 2.06 bits per heavy atom. The van der Waals surface area contributed by atoms with Crippen LogP contribution in [0.1, 0.15) is 29.2 Å². The molecule has 1 atom stereocenters. The van der Waals surface area contributed by atoms with Gasteiger partial charge in [-0.2, -0.15) is 0 Å². The summed E-state index contributed by atoms with van der Waals surface area (Å²) in [4.78, 5) is 4.43. The predicted molar refractivity (Wildman–Crippen MR) is 73.6 cm³/mol. The summed E-state index contributed by atoms with van der Waals surface area (Å²) in [6.45, 7) is 4.97. The minimum atomic E-state index is 0.302. The molecule has 0 radical (unpaired) electrons. The smallest absolute Gasteiger partial charge is 0.107 e. The molecule has 0 spiro atoms. The minimum absolute atomic E-state index is 0.302. The predicted octanol–water partition coefficient (Wildman–Crippen LogP) is 3.96. The second-order valence-corrected chi connectivity index (χ2v) is 5.42. The van der Waals surface area contributed by atoms with Crippen molar-refractivity contribution in [3.63, 3.8) is 0 Å². The molecule has 0 bridgehead atoms. The number of benzene rings is 1. The Labute approximate surface area is 111 Å². The van der Waals surface area contributed by atoms with E-state index in [2.05, 4.69) is 22.6 Å². The van der Waals surface area contributed by atoms with Crippen LogP contribution in [0.4, 0.5) is 0 Å².